The molecule has 0 spiro atoms. The van der Waals surface area contributed by atoms with Gasteiger partial charge in [-0.25, -0.2) is 0 Å². The monoisotopic (exact) mass is 676 g/mol. The molecule has 0 aliphatic heterocycles. The van der Waals surface area contributed by atoms with Crippen LogP contribution in [0.25, 0.3) is 0 Å². The number of carbonyl (C=O) groups is 2. The molecule has 2 rings (SSSR count). The smallest absolute Gasteiger partial charge is 0.176 e. The fourth-order valence-corrected chi connectivity index (χ4v) is 4.94. The van der Waals surface area contributed by atoms with Crippen molar-refractivity contribution in [1.29, 1.82) is 0 Å². The summed E-state index contributed by atoms with van der Waals surface area (Å²) in [6, 6.07) is 7.09. The first-order valence-electron chi connectivity index (χ1n) is 16.8. The number of ketones is 1. The van der Waals surface area contributed by atoms with E-state index in [0.717, 1.165) is 48.4 Å². The minimum atomic E-state index is -0.407. The van der Waals surface area contributed by atoms with Crippen molar-refractivity contribution < 1.29 is 19.4 Å². The number of Topliss-reactive ketones (excluding diaryl/α,β-unsaturated/α-hetero) is 1. The van der Waals surface area contributed by atoms with Gasteiger partial charge >= 0.3 is 0 Å². The van der Waals surface area contributed by atoms with Crippen molar-refractivity contribution in [2.24, 2.45) is 33.5 Å². The van der Waals surface area contributed by atoms with Crippen LogP contribution in [0.4, 0.5) is 0 Å². The van der Waals surface area contributed by atoms with Gasteiger partial charge < -0.3 is 20.9 Å². The van der Waals surface area contributed by atoms with Gasteiger partial charge in [-0.1, -0.05) is 110 Å². The van der Waals surface area contributed by atoms with Gasteiger partial charge in [-0.15, -0.1) is 0 Å². The maximum atomic E-state index is 12.2. The molecule has 8 nitrogen and oxygen atoms in total. The third-order valence-electron chi connectivity index (χ3n) is 7.96. The summed E-state index contributed by atoms with van der Waals surface area (Å²) < 4.78 is 6.20. The van der Waals surface area contributed by atoms with Crippen LogP contribution < -0.4 is 11.1 Å². The number of aryl methyl sites for hydroxylation is 1. The second-order valence-electron chi connectivity index (χ2n) is 11.5. The van der Waals surface area contributed by atoms with Crippen LogP contribution >= 0.6 is 11.8 Å². The second-order valence-corrected chi connectivity index (χ2v) is 12.4. The van der Waals surface area contributed by atoms with Crippen LogP contribution in [0.15, 0.2) is 65.9 Å². The van der Waals surface area contributed by atoms with Crippen LogP contribution in [0.2, 0.25) is 0 Å². The topological polar surface area (TPSA) is 117 Å². The molecule has 0 saturated heterocycles. The maximum Gasteiger partial charge on any atom is 0.176 e. The molecule has 9 heteroatoms. The number of allylic oxidation sites excluding steroid dienone is 3. The van der Waals surface area contributed by atoms with E-state index in [1.807, 2.05) is 59.7 Å². The average Bonchev–Trinajstić information content (AvgIpc) is 3.08. The Morgan fingerprint density at radius 3 is 2.36 bits per heavy atom. The molecule has 0 aromatic heterocycles. The molecule has 3 atom stereocenters. The lowest BCUT2D eigenvalue weighted by atomic mass is 9.68. The van der Waals surface area contributed by atoms with Gasteiger partial charge in [-0.3, -0.25) is 14.6 Å². The van der Waals surface area contributed by atoms with Gasteiger partial charge in [0.05, 0.1) is 19.8 Å². The number of likely N-dealkylation sites (N-methyl/N-ethyl adjacent to an activating group) is 1. The van der Waals surface area contributed by atoms with E-state index in [1.165, 1.54) is 18.8 Å². The first-order chi connectivity index (χ1) is 22.4. The van der Waals surface area contributed by atoms with E-state index >= 15 is 0 Å². The van der Waals surface area contributed by atoms with Crippen molar-refractivity contribution in [1.82, 2.24) is 10.3 Å². The molecule has 0 bridgehead atoms. The van der Waals surface area contributed by atoms with Gasteiger partial charge in [0.1, 0.15) is 11.5 Å². The summed E-state index contributed by atoms with van der Waals surface area (Å²) in [7, 11) is 3.41. The summed E-state index contributed by atoms with van der Waals surface area (Å²) in [6.45, 7) is 28.8. The molecule has 0 amide bonds. The summed E-state index contributed by atoms with van der Waals surface area (Å²) in [6.07, 6.45) is 11.1. The lowest BCUT2D eigenvalue weighted by Crippen LogP contribution is -2.40. The highest BCUT2D eigenvalue weighted by molar-refractivity contribution is 8.11. The van der Waals surface area contributed by atoms with Crippen LogP contribution in [-0.4, -0.2) is 74.4 Å². The molecule has 0 radical (unpaired) electrons. The number of nitrogens with one attached hydrogen (secondary N) is 1. The van der Waals surface area contributed by atoms with Crippen molar-refractivity contribution in [3.05, 3.63) is 66.4 Å². The Kier molecular flexibility index (Phi) is 30.5. The number of hydrogen-bond acceptors (Lipinski definition) is 9. The van der Waals surface area contributed by atoms with Crippen LogP contribution in [-0.2, 0) is 20.7 Å². The molecule has 47 heavy (non-hydrogen) atoms. The zero-order valence-electron chi connectivity index (χ0n) is 31.5. The lowest BCUT2D eigenvalue weighted by Gasteiger charge is -2.41. The predicted molar refractivity (Wildman–Crippen MR) is 207 cm³/mol. The Morgan fingerprint density at radius 2 is 1.87 bits per heavy atom. The number of carbonyl (C=O) groups excluding carboxylic acids is 2. The fraction of sp³-hybridized carbons (Fsp3) is 0.605. The molecule has 1 aromatic rings. The third kappa shape index (κ3) is 20.3. The van der Waals surface area contributed by atoms with Crippen LogP contribution in [0, 0.1) is 22.7 Å². The molecule has 1 aliphatic carbocycles. The molecule has 270 valence electrons. The maximum absolute atomic E-state index is 12.2. The summed E-state index contributed by atoms with van der Waals surface area (Å²) in [4.78, 5) is 22.2. The molecule has 1 aromatic carbocycles. The molecular formula is C38H68N4O4S. The summed E-state index contributed by atoms with van der Waals surface area (Å²) in [5.41, 5.74) is 6.52. The van der Waals surface area contributed by atoms with Crippen molar-refractivity contribution in [2.75, 3.05) is 46.2 Å². The number of rotatable bonds is 18. The minimum absolute atomic E-state index is 0.166. The number of hydrazone groups is 1. The Bertz CT molecular complexity index is 1040. The molecule has 4 N–H and O–H groups in total. The zero-order valence-corrected chi connectivity index (χ0v) is 32.3. The van der Waals surface area contributed by atoms with E-state index < -0.39 is 5.41 Å². The summed E-state index contributed by atoms with van der Waals surface area (Å²) >= 11 is 1.25. The van der Waals surface area contributed by atoms with Crippen molar-refractivity contribution in [3.8, 4) is 5.75 Å². The molecule has 3 unspecified atom stereocenters. The number of nitrogens with zero attached hydrogens (tertiary/aromatic N) is 2. The number of phenolic OH excluding ortho intramolecular Hbond substituents is 1. The van der Waals surface area contributed by atoms with Gasteiger partial charge in [0.25, 0.3) is 0 Å². The van der Waals surface area contributed by atoms with Gasteiger partial charge in [0, 0.05) is 41.5 Å². The van der Waals surface area contributed by atoms with Crippen LogP contribution in [0.1, 0.15) is 80.7 Å². The summed E-state index contributed by atoms with van der Waals surface area (Å²) in [5.74, 6) is 1.82. The SMILES string of the molecule is C=NN(CCNC)C(=C)C(C)(COCC1C=CC=CC1)CC(C)C(C)(C)C(C)=O.CC.CC.CN.O=CSCCc1cccc(O)c1. The van der Waals surface area contributed by atoms with E-state index in [9.17, 15) is 9.59 Å². The largest absolute Gasteiger partial charge is 0.508 e. The molecule has 0 saturated carbocycles. The highest BCUT2D eigenvalue weighted by Gasteiger charge is 2.39. The molecular weight excluding hydrogens is 609 g/mol. The lowest BCUT2D eigenvalue weighted by molar-refractivity contribution is -0.128. The highest BCUT2D eigenvalue weighted by atomic mass is 32.2. The van der Waals surface area contributed by atoms with Crippen LogP contribution in [0.5, 0.6) is 5.75 Å². The van der Waals surface area contributed by atoms with Gasteiger partial charge in [-0.05, 0) is 63.9 Å². The number of aromatic hydroxyl groups is 1. The number of hydrogen-bond donors (Lipinski definition) is 3. The van der Waals surface area contributed by atoms with Crippen molar-refractivity contribution >= 4 is 29.9 Å². The normalized spacial score (nSPS) is 14.9. The van der Waals surface area contributed by atoms with Gasteiger partial charge in [0.2, 0.25) is 0 Å². The Labute approximate surface area is 292 Å². The quantitative estimate of drug-likeness (QED) is 0.0622. The second kappa shape index (κ2) is 29.4. The predicted octanol–water partition coefficient (Wildman–Crippen LogP) is 7.92. The highest BCUT2D eigenvalue weighted by Crippen LogP contribution is 2.42. The van der Waals surface area contributed by atoms with E-state index in [2.05, 4.69) is 67.6 Å². The Balaban J connectivity index is -0.000000889. The van der Waals surface area contributed by atoms with E-state index in [4.69, 9.17) is 9.84 Å². The summed E-state index contributed by atoms with van der Waals surface area (Å²) in [5, 5.41) is 18.3. The van der Waals surface area contributed by atoms with Crippen molar-refractivity contribution in [3.63, 3.8) is 0 Å². The zero-order chi connectivity index (χ0) is 36.9. The number of nitrogens with two attached hydrogens (primary N) is 1. The average molecular weight is 677 g/mol. The molecule has 0 heterocycles. The number of ether oxygens (including phenoxy) is 1. The first kappa shape index (κ1) is 48.7. The van der Waals surface area contributed by atoms with Gasteiger partial charge in [0.15, 0.2) is 5.62 Å². The van der Waals surface area contributed by atoms with E-state index in [1.54, 1.807) is 25.1 Å². The number of thioether (sulfide) groups is 1. The van der Waals surface area contributed by atoms with E-state index in [-0.39, 0.29) is 22.9 Å². The fourth-order valence-electron chi connectivity index (χ4n) is 4.49. The Hall–Kier alpha value is -2.72. The number of phenols is 1. The molecule has 0 fully saturated rings. The van der Waals surface area contributed by atoms with Gasteiger partial charge in [-0.2, -0.15) is 5.10 Å². The third-order valence-corrected chi connectivity index (χ3v) is 8.53. The Morgan fingerprint density at radius 1 is 1.23 bits per heavy atom. The first-order valence-corrected chi connectivity index (χ1v) is 17.9. The van der Waals surface area contributed by atoms with E-state index in [0.29, 0.717) is 25.7 Å². The minimum Gasteiger partial charge on any atom is -0.508 e. The standard InChI is InChI=1S/C24H41N3O2.C9H10O2S.2C2H6.CH5N/c1-19(23(4,5)21(3)28)16-24(6,20(2)27(26-8)15-14-25-7)18-29-17-22-12-10-9-11-13-22;10-7-12-5-4-8-2-1-3-9(11)6-8;3*1-2/h9-12,19,22,25H,2,8,13-18H2,1,3-7H3;1-3,6-7,11H,4-5H2;2*1-2H3;2H2,1H3. The molecule has 1 aliphatic rings. The number of benzene rings is 1. The van der Waals surface area contributed by atoms with Crippen LogP contribution in [0.3, 0.4) is 0 Å². The van der Waals surface area contributed by atoms with Crippen molar-refractivity contribution in [2.45, 2.75) is 81.6 Å².